The highest BCUT2D eigenvalue weighted by Crippen LogP contribution is 2.37. The van der Waals surface area contributed by atoms with Gasteiger partial charge < -0.3 is 4.74 Å². The molecule has 2 aromatic carbocycles. The monoisotopic (exact) mass is 409 g/mol. The molecular weight excluding hydrogens is 383 g/mol. The third-order valence-electron chi connectivity index (χ3n) is 4.85. The van der Waals surface area contributed by atoms with E-state index in [-0.39, 0.29) is 12.0 Å². The minimum atomic E-state index is -4.31. The number of benzene rings is 2. The standard InChI is InChI=1S/C22H26F3NOS/c1-17(16-28-21-10-6-5-9-20(21)22(23,24)25)13-19-15-26(11-12-27-19)14-18-7-3-2-4-8-18/h2-10,17,19H,11-16H2,1H3. The van der Waals surface area contributed by atoms with E-state index in [1.807, 2.05) is 18.2 Å². The topological polar surface area (TPSA) is 12.5 Å². The first-order valence-electron chi connectivity index (χ1n) is 9.58. The van der Waals surface area contributed by atoms with Crippen molar-refractivity contribution in [2.24, 2.45) is 5.92 Å². The molecule has 2 aromatic rings. The summed E-state index contributed by atoms with van der Waals surface area (Å²) in [4.78, 5) is 2.69. The molecular formula is C22H26F3NOS. The first-order valence-corrected chi connectivity index (χ1v) is 10.6. The maximum atomic E-state index is 13.1. The van der Waals surface area contributed by atoms with E-state index in [2.05, 4.69) is 24.0 Å². The quantitative estimate of drug-likeness (QED) is 0.542. The van der Waals surface area contributed by atoms with Gasteiger partial charge in [-0.15, -0.1) is 11.8 Å². The zero-order valence-corrected chi connectivity index (χ0v) is 16.8. The Morgan fingerprint density at radius 3 is 2.57 bits per heavy atom. The molecule has 0 amide bonds. The zero-order chi connectivity index (χ0) is 20.0. The first kappa shape index (κ1) is 21.2. The number of rotatable bonds is 7. The molecule has 6 heteroatoms. The SMILES string of the molecule is CC(CSc1ccccc1C(F)(F)F)CC1CN(Cc2ccccc2)CCO1. The van der Waals surface area contributed by atoms with Crippen LogP contribution in [0.25, 0.3) is 0 Å². The molecule has 0 spiro atoms. The van der Waals surface area contributed by atoms with Crippen LogP contribution in [0, 0.1) is 5.92 Å². The van der Waals surface area contributed by atoms with Gasteiger partial charge in [0.2, 0.25) is 0 Å². The van der Waals surface area contributed by atoms with E-state index in [0.717, 1.165) is 32.1 Å². The number of nitrogens with zero attached hydrogens (tertiary/aromatic N) is 1. The van der Waals surface area contributed by atoms with Gasteiger partial charge >= 0.3 is 6.18 Å². The molecule has 3 rings (SSSR count). The highest BCUT2D eigenvalue weighted by molar-refractivity contribution is 7.99. The van der Waals surface area contributed by atoms with Crippen molar-refractivity contribution in [3.05, 3.63) is 65.7 Å². The summed E-state index contributed by atoms with van der Waals surface area (Å²) in [7, 11) is 0. The molecule has 28 heavy (non-hydrogen) atoms. The van der Waals surface area contributed by atoms with E-state index < -0.39 is 11.7 Å². The maximum Gasteiger partial charge on any atom is 0.417 e. The number of halogens is 3. The summed E-state index contributed by atoms with van der Waals surface area (Å²) >= 11 is 1.28. The summed E-state index contributed by atoms with van der Waals surface area (Å²) in [6.45, 7) is 5.47. The van der Waals surface area contributed by atoms with Crippen LogP contribution in [0.5, 0.6) is 0 Å². The van der Waals surface area contributed by atoms with Gasteiger partial charge in [0, 0.05) is 30.3 Å². The number of morpholine rings is 1. The lowest BCUT2D eigenvalue weighted by Crippen LogP contribution is -2.42. The van der Waals surface area contributed by atoms with Crippen LogP contribution < -0.4 is 0 Å². The molecule has 2 unspecified atom stereocenters. The third kappa shape index (κ3) is 6.26. The van der Waals surface area contributed by atoms with Gasteiger partial charge in [-0.3, -0.25) is 4.90 Å². The molecule has 1 saturated heterocycles. The second-order valence-corrected chi connectivity index (χ2v) is 8.42. The average Bonchev–Trinajstić information content (AvgIpc) is 2.67. The molecule has 1 aliphatic heterocycles. The molecule has 0 bridgehead atoms. The molecule has 0 N–H and O–H groups in total. The molecule has 0 saturated carbocycles. The van der Waals surface area contributed by atoms with Crippen molar-refractivity contribution < 1.29 is 17.9 Å². The van der Waals surface area contributed by atoms with Gasteiger partial charge in [-0.05, 0) is 30.0 Å². The molecule has 1 fully saturated rings. The predicted molar refractivity (Wildman–Crippen MR) is 107 cm³/mol. The van der Waals surface area contributed by atoms with Crippen LogP contribution in [0.2, 0.25) is 0 Å². The number of alkyl halides is 3. The number of ether oxygens (including phenoxy) is 1. The number of thioether (sulfide) groups is 1. The fourth-order valence-corrected chi connectivity index (χ4v) is 4.60. The summed E-state index contributed by atoms with van der Waals surface area (Å²) in [5, 5.41) is 0. The van der Waals surface area contributed by atoms with Gasteiger partial charge in [-0.1, -0.05) is 49.4 Å². The fourth-order valence-electron chi connectivity index (χ4n) is 3.48. The van der Waals surface area contributed by atoms with Crippen LogP contribution in [-0.2, 0) is 17.5 Å². The summed E-state index contributed by atoms with van der Waals surface area (Å²) in [6.07, 6.45) is -3.32. The maximum absolute atomic E-state index is 13.1. The Morgan fingerprint density at radius 2 is 1.82 bits per heavy atom. The van der Waals surface area contributed by atoms with Crippen LogP contribution in [0.15, 0.2) is 59.5 Å². The number of hydrogen-bond donors (Lipinski definition) is 0. The van der Waals surface area contributed by atoms with Crippen LogP contribution in [0.1, 0.15) is 24.5 Å². The van der Waals surface area contributed by atoms with Crippen molar-refractivity contribution in [3.63, 3.8) is 0 Å². The largest absolute Gasteiger partial charge is 0.417 e. The first-order chi connectivity index (χ1) is 13.4. The summed E-state index contributed by atoms with van der Waals surface area (Å²) in [6, 6.07) is 16.2. The lowest BCUT2D eigenvalue weighted by molar-refractivity contribution is -0.139. The van der Waals surface area contributed by atoms with Crippen LogP contribution in [0.4, 0.5) is 13.2 Å². The summed E-state index contributed by atoms with van der Waals surface area (Å²) in [5.41, 5.74) is 0.741. The van der Waals surface area contributed by atoms with Crippen LogP contribution in [-0.4, -0.2) is 36.5 Å². The second-order valence-electron chi connectivity index (χ2n) is 7.36. The predicted octanol–water partition coefficient (Wildman–Crippen LogP) is 5.72. The molecule has 2 atom stereocenters. The highest BCUT2D eigenvalue weighted by atomic mass is 32.2. The lowest BCUT2D eigenvalue weighted by Gasteiger charge is -2.34. The van der Waals surface area contributed by atoms with Gasteiger partial charge in [-0.25, -0.2) is 0 Å². The minimum absolute atomic E-state index is 0.130. The van der Waals surface area contributed by atoms with Crippen LogP contribution >= 0.6 is 11.8 Å². The zero-order valence-electron chi connectivity index (χ0n) is 16.0. The second kappa shape index (κ2) is 9.81. The van der Waals surface area contributed by atoms with Crippen molar-refractivity contribution in [2.75, 3.05) is 25.4 Å². The van der Waals surface area contributed by atoms with E-state index in [9.17, 15) is 13.2 Å². The van der Waals surface area contributed by atoms with E-state index in [1.54, 1.807) is 12.1 Å². The van der Waals surface area contributed by atoms with E-state index in [4.69, 9.17) is 4.74 Å². The van der Waals surface area contributed by atoms with Gasteiger partial charge in [0.1, 0.15) is 0 Å². The Bertz CT molecular complexity index is 738. The molecule has 2 nitrogen and oxygen atoms in total. The molecule has 0 aromatic heterocycles. The van der Waals surface area contributed by atoms with Crippen molar-refractivity contribution in [1.29, 1.82) is 0 Å². The molecule has 0 aliphatic carbocycles. The lowest BCUT2D eigenvalue weighted by atomic mass is 10.0. The average molecular weight is 410 g/mol. The summed E-state index contributed by atoms with van der Waals surface area (Å²) in [5.74, 6) is 0.916. The Hall–Kier alpha value is -1.50. The third-order valence-corrected chi connectivity index (χ3v) is 6.26. The van der Waals surface area contributed by atoms with Gasteiger partial charge in [0.05, 0.1) is 18.3 Å². The molecule has 1 heterocycles. The Labute approximate surface area is 169 Å². The van der Waals surface area contributed by atoms with Crippen molar-refractivity contribution in [3.8, 4) is 0 Å². The smallest absolute Gasteiger partial charge is 0.376 e. The van der Waals surface area contributed by atoms with E-state index >= 15 is 0 Å². The molecule has 1 aliphatic rings. The minimum Gasteiger partial charge on any atom is -0.376 e. The number of hydrogen-bond acceptors (Lipinski definition) is 3. The highest BCUT2D eigenvalue weighted by Gasteiger charge is 2.33. The van der Waals surface area contributed by atoms with Crippen LogP contribution in [0.3, 0.4) is 0 Å². The summed E-state index contributed by atoms with van der Waals surface area (Å²) < 4.78 is 45.3. The van der Waals surface area contributed by atoms with Crippen molar-refractivity contribution >= 4 is 11.8 Å². The van der Waals surface area contributed by atoms with E-state index in [0.29, 0.717) is 17.3 Å². The fraction of sp³-hybridized carbons (Fsp3) is 0.455. The van der Waals surface area contributed by atoms with Gasteiger partial charge in [-0.2, -0.15) is 13.2 Å². The Balaban J connectivity index is 1.49. The Morgan fingerprint density at radius 1 is 1.11 bits per heavy atom. The van der Waals surface area contributed by atoms with Gasteiger partial charge in [0.25, 0.3) is 0 Å². The van der Waals surface area contributed by atoms with Crippen molar-refractivity contribution in [2.45, 2.75) is 37.1 Å². The molecule has 0 radical (unpaired) electrons. The van der Waals surface area contributed by atoms with Gasteiger partial charge in [0.15, 0.2) is 0 Å². The van der Waals surface area contributed by atoms with Crippen molar-refractivity contribution in [1.82, 2.24) is 4.90 Å². The normalized spacial score (nSPS) is 19.5. The Kier molecular flexibility index (Phi) is 7.43. The molecule has 152 valence electrons. The van der Waals surface area contributed by atoms with E-state index in [1.165, 1.54) is 23.4 Å².